The first-order valence-electron chi connectivity index (χ1n) is 7.86. The van der Waals surface area contributed by atoms with E-state index in [-0.39, 0.29) is 16.8 Å². The van der Waals surface area contributed by atoms with Crippen molar-refractivity contribution in [2.75, 3.05) is 6.26 Å². The highest BCUT2D eigenvalue weighted by molar-refractivity contribution is 7.98. The Bertz CT molecular complexity index is 967. The second-order valence-corrected chi connectivity index (χ2v) is 6.62. The summed E-state index contributed by atoms with van der Waals surface area (Å²) in [5.41, 5.74) is -0.248. The van der Waals surface area contributed by atoms with Gasteiger partial charge >= 0.3 is 6.18 Å². The van der Waals surface area contributed by atoms with Crippen molar-refractivity contribution in [1.29, 1.82) is 0 Å². The molecule has 7 heteroatoms. The molecule has 3 aromatic rings. The molecular weight excluding hydrogens is 376 g/mol. The van der Waals surface area contributed by atoms with Gasteiger partial charge < -0.3 is 0 Å². The van der Waals surface area contributed by atoms with Crippen molar-refractivity contribution >= 4 is 11.8 Å². The molecular formula is C20H14F4N2S. The number of halogens is 4. The normalized spacial score (nSPS) is 12.6. The highest BCUT2D eigenvalue weighted by Crippen LogP contribution is 2.41. The Hall–Kier alpha value is -2.72. The lowest BCUT2D eigenvalue weighted by Gasteiger charge is -2.14. The summed E-state index contributed by atoms with van der Waals surface area (Å²) in [5, 5.41) is 5.93. The predicted molar refractivity (Wildman–Crippen MR) is 97.9 cm³/mol. The molecule has 1 aromatic heterocycles. The molecule has 0 bridgehead atoms. The number of aromatic nitrogens is 2. The van der Waals surface area contributed by atoms with Gasteiger partial charge in [-0.2, -0.15) is 18.3 Å². The highest BCUT2D eigenvalue weighted by Gasteiger charge is 2.39. The minimum atomic E-state index is -4.68. The van der Waals surface area contributed by atoms with Gasteiger partial charge in [0.1, 0.15) is 5.82 Å². The standard InChI is InChI=1S/C20H14F4N2S/c1-3-16(12-6-10-15(27-2)11-7-12)18-17(13-4-8-14(21)9-5-13)19(26-25-18)20(22,23)24/h1,4-11,16H,2H3,(H,25,26). The van der Waals surface area contributed by atoms with Gasteiger partial charge in [-0.1, -0.05) is 30.2 Å². The van der Waals surface area contributed by atoms with Gasteiger partial charge in [0.15, 0.2) is 5.69 Å². The van der Waals surface area contributed by atoms with Crippen molar-refractivity contribution in [2.24, 2.45) is 0 Å². The Balaban J connectivity index is 2.17. The molecule has 2 nitrogen and oxygen atoms in total. The van der Waals surface area contributed by atoms with Crippen LogP contribution in [0.5, 0.6) is 0 Å². The number of H-pyrrole nitrogens is 1. The highest BCUT2D eigenvalue weighted by atomic mass is 32.2. The molecule has 0 aliphatic rings. The average molecular weight is 390 g/mol. The molecule has 1 N–H and O–H groups in total. The number of benzene rings is 2. The van der Waals surface area contributed by atoms with Gasteiger partial charge in [0, 0.05) is 10.5 Å². The minimum absolute atomic E-state index is 0.147. The summed E-state index contributed by atoms with van der Waals surface area (Å²) in [6.45, 7) is 0. The van der Waals surface area contributed by atoms with Crippen LogP contribution in [0.1, 0.15) is 22.9 Å². The van der Waals surface area contributed by atoms with E-state index in [0.29, 0.717) is 5.56 Å². The van der Waals surface area contributed by atoms with Crippen LogP contribution in [-0.2, 0) is 6.18 Å². The van der Waals surface area contributed by atoms with E-state index in [0.717, 1.165) is 17.0 Å². The van der Waals surface area contributed by atoms with Crippen LogP contribution in [-0.4, -0.2) is 16.5 Å². The van der Waals surface area contributed by atoms with Crippen LogP contribution < -0.4 is 0 Å². The fraction of sp³-hybridized carbons (Fsp3) is 0.150. The van der Waals surface area contributed by atoms with Crippen molar-refractivity contribution < 1.29 is 17.6 Å². The van der Waals surface area contributed by atoms with Crippen LogP contribution in [0.2, 0.25) is 0 Å². The lowest BCUT2D eigenvalue weighted by Crippen LogP contribution is -2.08. The summed E-state index contributed by atoms with van der Waals surface area (Å²) >= 11 is 1.55. The van der Waals surface area contributed by atoms with Crippen molar-refractivity contribution in [3.8, 4) is 23.5 Å². The third kappa shape index (κ3) is 3.86. The molecule has 2 aromatic carbocycles. The van der Waals surface area contributed by atoms with E-state index in [1.165, 1.54) is 12.1 Å². The van der Waals surface area contributed by atoms with Gasteiger partial charge in [-0.15, -0.1) is 18.2 Å². The first-order chi connectivity index (χ1) is 12.8. The second-order valence-electron chi connectivity index (χ2n) is 5.74. The van der Waals surface area contributed by atoms with Crippen LogP contribution >= 0.6 is 11.8 Å². The van der Waals surface area contributed by atoms with Crippen LogP contribution in [0.25, 0.3) is 11.1 Å². The number of nitrogens with one attached hydrogen (secondary N) is 1. The fourth-order valence-electron chi connectivity index (χ4n) is 2.82. The number of aromatic amines is 1. The van der Waals surface area contributed by atoms with Crippen molar-refractivity contribution in [2.45, 2.75) is 17.0 Å². The largest absolute Gasteiger partial charge is 0.435 e. The zero-order chi connectivity index (χ0) is 19.6. The van der Waals surface area contributed by atoms with Gasteiger partial charge in [-0.25, -0.2) is 4.39 Å². The zero-order valence-electron chi connectivity index (χ0n) is 14.1. The second kappa shape index (κ2) is 7.49. The van der Waals surface area contributed by atoms with Crippen LogP contribution in [0.15, 0.2) is 53.4 Å². The van der Waals surface area contributed by atoms with E-state index >= 15 is 0 Å². The molecule has 3 rings (SSSR count). The summed E-state index contributed by atoms with van der Waals surface area (Å²) in [5.74, 6) is 1.24. The van der Waals surface area contributed by atoms with Crippen LogP contribution in [0.3, 0.4) is 0 Å². The molecule has 0 radical (unpaired) electrons. The van der Waals surface area contributed by atoms with Gasteiger partial charge in [-0.3, -0.25) is 5.10 Å². The first-order valence-corrected chi connectivity index (χ1v) is 9.09. The van der Waals surface area contributed by atoms with Gasteiger partial charge in [0.25, 0.3) is 0 Å². The van der Waals surface area contributed by atoms with Gasteiger partial charge in [-0.05, 0) is 41.6 Å². The van der Waals surface area contributed by atoms with E-state index in [2.05, 4.69) is 16.1 Å². The van der Waals surface area contributed by atoms with E-state index in [9.17, 15) is 17.6 Å². The topological polar surface area (TPSA) is 28.7 Å². The van der Waals surface area contributed by atoms with Crippen molar-refractivity contribution in [3.05, 3.63) is 71.3 Å². The number of thioether (sulfide) groups is 1. The number of terminal acetylenes is 1. The zero-order valence-corrected chi connectivity index (χ0v) is 15.0. The fourth-order valence-corrected chi connectivity index (χ4v) is 3.23. The number of nitrogens with zero attached hydrogens (tertiary/aromatic N) is 1. The molecule has 138 valence electrons. The lowest BCUT2D eigenvalue weighted by atomic mass is 9.90. The molecule has 0 saturated heterocycles. The van der Waals surface area contributed by atoms with E-state index in [4.69, 9.17) is 6.42 Å². The molecule has 0 aliphatic carbocycles. The smallest absolute Gasteiger partial charge is 0.280 e. The number of alkyl halides is 3. The third-order valence-electron chi connectivity index (χ3n) is 4.10. The number of rotatable bonds is 4. The average Bonchev–Trinajstić information content (AvgIpc) is 3.09. The molecule has 1 unspecified atom stereocenters. The Labute approximate surface area is 158 Å². The maximum absolute atomic E-state index is 13.5. The molecule has 0 amide bonds. The first kappa shape index (κ1) is 19.1. The van der Waals surface area contributed by atoms with Gasteiger partial charge in [0.05, 0.1) is 11.6 Å². The molecule has 0 saturated carbocycles. The summed E-state index contributed by atoms with van der Waals surface area (Å²) in [7, 11) is 0. The van der Waals surface area contributed by atoms with E-state index in [1.54, 1.807) is 23.9 Å². The predicted octanol–water partition coefficient (Wildman–Crippen LogP) is 5.72. The monoisotopic (exact) mass is 390 g/mol. The summed E-state index contributed by atoms with van der Waals surface area (Å²) < 4.78 is 53.7. The Morgan fingerprint density at radius 3 is 2.22 bits per heavy atom. The maximum atomic E-state index is 13.5. The molecule has 27 heavy (non-hydrogen) atoms. The maximum Gasteiger partial charge on any atom is 0.435 e. The van der Waals surface area contributed by atoms with E-state index < -0.39 is 23.6 Å². The molecule has 1 heterocycles. The molecule has 0 fully saturated rings. The molecule has 0 aliphatic heterocycles. The minimum Gasteiger partial charge on any atom is -0.280 e. The summed E-state index contributed by atoms with van der Waals surface area (Å²) in [4.78, 5) is 1.01. The number of hydrogen-bond acceptors (Lipinski definition) is 2. The summed E-state index contributed by atoms with van der Waals surface area (Å²) in [6, 6.07) is 12.0. The summed E-state index contributed by atoms with van der Waals surface area (Å²) in [6.07, 6.45) is 2.89. The number of hydrogen-bond donors (Lipinski definition) is 1. The molecule has 1 atom stereocenters. The quantitative estimate of drug-likeness (QED) is 0.351. The van der Waals surface area contributed by atoms with Crippen LogP contribution in [0, 0.1) is 18.2 Å². The SMILES string of the molecule is C#CC(c1ccc(SC)cc1)c1[nH]nc(C(F)(F)F)c1-c1ccc(F)cc1. The van der Waals surface area contributed by atoms with E-state index in [1.807, 2.05) is 18.4 Å². The lowest BCUT2D eigenvalue weighted by molar-refractivity contribution is -0.140. The third-order valence-corrected chi connectivity index (χ3v) is 4.84. The Morgan fingerprint density at radius 1 is 1.07 bits per heavy atom. The Kier molecular flexibility index (Phi) is 5.29. The van der Waals surface area contributed by atoms with Crippen LogP contribution in [0.4, 0.5) is 17.6 Å². The van der Waals surface area contributed by atoms with Crippen molar-refractivity contribution in [3.63, 3.8) is 0 Å². The van der Waals surface area contributed by atoms with Crippen molar-refractivity contribution in [1.82, 2.24) is 10.2 Å². The van der Waals surface area contributed by atoms with Gasteiger partial charge in [0.2, 0.25) is 0 Å². The Morgan fingerprint density at radius 2 is 1.70 bits per heavy atom. The molecule has 0 spiro atoms.